The van der Waals surface area contributed by atoms with Crippen molar-refractivity contribution in [2.24, 2.45) is 0 Å². The fraction of sp³-hybridized carbons (Fsp3) is 0.308. The molecule has 0 bridgehead atoms. The first-order valence-corrected chi connectivity index (χ1v) is 11.5. The smallest absolute Gasteiger partial charge is 0.411 e. The molecule has 1 aliphatic rings. The lowest BCUT2D eigenvalue weighted by Gasteiger charge is -2.29. The average molecular weight is 486 g/mol. The molecule has 1 aliphatic carbocycles. The summed E-state index contributed by atoms with van der Waals surface area (Å²) in [7, 11) is 1.65. The molecule has 34 heavy (non-hydrogen) atoms. The number of nitrogens with zero attached hydrogens (tertiary/aromatic N) is 1. The molecule has 0 radical (unpaired) electrons. The van der Waals surface area contributed by atoms with E-state index in [9.17, 15) is 14.0 Å². The van der Waals surface area contributed by atoms with E-state index in [-0.39, 0.29) is 23.6 Å². The first-order chi connectivity index (χ1) is 16.3. The summed E-state index contributed by atoms with van der Waals surface area (Å²) in [4.78, 5) is 26.7. The lowest BCUT2D eigenvalue weighted by molar-refractivity contribution is 0.0631. The standard InChI is InChI=1S/C26H29ClFN3O3/c1-4-18-9-5-6-10-19(18)15-17(2)30-26(33)34-23-14-8-13-22(23)31(3)25(32)29-16-20-11-7-12-21(28)24(20)27/h4-7,9-12,15,22-23H,2,8,13-14,16H2,1,3H3,(H,29,32)(H,30,33)/b18-4-,19-15-/t22-,23?/m0/s1. The number of rotatable bonds is 6. The number of carbonyl (C=O) groups excluding carboxylic acids is 2. The molecule has 2 N–H and O–H groups in total. The van der Waals surface area contributed by atoms with E-state index in [0.29, 0.717) is 24.1 Å². The maximum absolute atomic E-state index is 13.6. The Morgan fingerprint density at radius 1 is 1.21 bits per heavy atom. The number of hydrogen-bond acceptors (Lipinski definition) is 3. The van der Waals surface area contributed by atoms with Crippen LogP contribution in [-0.2, 0) is 11.3 Å². The van der Waals surface area contributed by atoms with Gasteiger partial charge in [-0.05, 0) is 54.3 Å². The number of halogens is 2. The third-order valence-electron chi connectivity index (χ3n) is 5.85. The highest BCUT2D eigenvalue weighted by atomic mass is 35.5. The first-order valence-electron chi connectivity index (χ1n) is 11.1. The van der Waals surface area contributed by atoms with Gasteiger partial charge in [0, 0.05) is 19.3 Å². The molecule has 1 fully saturated rings. The molecule has 0 saturated heterocycles. The van der Waals surface area contributed by atoms with Crippen LogP contribution in [0.2, 0.25) is 5.02 Å². The van der Waals surface area contributed by atoms with Crippen LogP contribution in [0.3, 0.4) is 0 Å². The van der Waals surface area contributed by atoms with Gasteiger partial charge in [-0.15, -0.1) is 0 Å². The number of hydrogen-bond donors (Lipinski definition) is 2. The maximum atomic E-state index is 13.6. The number of carbonyl (C=O) groups is 2. The van der Waals surface area contributed by atoms with E-state index >= 15 is 0 Å². The van der Waals surface area contributed by atoms with Gasteiger partial charge in [-0.2, -0.15) is 0 Å². The molecule has 0 heterocycles. The van der Waals surface area contributed by atoms with Crippen LogP contribution in [0.4, 0.5) is 14.0 Å². The Labute approximate surface area is 203 Å². The van der Waals surface area contributed by atoms with Gasteiger partial charge < -0.3 is 15.0 Å². The Bertz CT molecular complexity index is 1180. The van der Waals surface area contributed by atoms with Crippen LogP contribution in [0.15, 0.2) is 54.7 Å². The van der Waals surface area contributed by atoms with Crippen LogP contribution in [0.25, 0.3) is 12.2 Å². The van der Waals surface area contributed by atoms with E-state index in [1.165, 1.54) is 17.0 Å². The van der Waals surface area contributed by atoms with Crippen molar-refractivity contribution in [2.75, 3.05) is 7.05 Å². The van der Waals surface area contributed by atoms with Crippen molar-refractivity contribution < 1.29 is 18.7 Å². The number of benzene rings is 2. The van der Waals surface area contributed by atoms with Gasteiger partial charge in [-0.25, -0.2) is 14.0 Å². The van der Waals surface area contributed by atoms with Crippen LogP contribution in [0.1, 0.15) is 31.7 Å². The number of amides is 3. The second-order valence-electron chi connectivity index (χ2n) is 8.14. The Morgan fingerprint density at radius 2 is 1.94 bits per heavy atom. The van der Waals surface area contributed by atoms with Crippen LogP contribution in [0.5, 0.6) is 0 Å². The lowest BCUT2D eigenvalue weighted by atomic mass is 10.2. The largest absolute Gasteiger partial charge is 0.444 e. The molecule has 0 spiro atoms. The zero-order chi connectivity index (χ0) is 24.7. The second-order valence-corrected chi connectivity index (χ2v) is 8.51. The average Bonchev–Trinajstić information content (AvgIpc) is 3.27. The summed E-state index contributed by atoms with van der Waals surface area (Å²) in [6, 6.07) is 11.6. The number of likely N-dealkylation sites (N-methyl/N-ethyl adjacent to an activating group) is 1. The molecule has 8 heteroatoms. The van der Waals surface area contributed by atoms with Crippen LogP contribution >= 0.6 is 11.6 Å². The molecular weight excluding hydrogens is 457 g/mol. The fourth-order valence-electron chi connectivity index (χ4n) is 4.05. The van der Waals surface area contributed by atoms with Crippen molar-refractivity contribution in [1.82, 2.24) is 15.5 Å². The zero-order valence-corrected chi connectivity index (χ0v) is 20.1. The monoisotopic (exact) mass is 485 g/mol. The van der Waals surface area contributed by atoms with E-state index in [4.69, 9.17) is 16.3 Å². The molecule has 2 aromatic carbocycles. The van der Waals surface area contributed by atoms with Gasteiger partial charge in [-0.3, -0.25) is 5.32 Å². The minimum Gasteiger partial charge on any atom is -0.444 e. The Balaban J connectivity index is 1.56. The minimum atomic E-state index is -0.614. The molecule has 3 amide bonds. The molecule has 0 aromatic heterocycles. The van der Waals surface area contributed by atoms with E-state index in [1.54, 1.807) is 19.2 Å². The molecule has 2 atom stereocenters. The first kappa shape index (κ1) is 25.3. The minimum absolute atomic E-state index is 0.0133. The molecular formula is C26H29ClFN3O3. The van der Waals surface area contributed by atoms with Crippen LogP contribution in [-0.4, -0.2) is 36.2 Å². The van der Waals surface area contributed by atoms with Crippen molar-refractivity contribution in [2.45, 2.75) is 44.9 Å². The number of ether oxygens (including phenoxy) is 1. The van der Waals surface area contributed by atoms with Gasteiger partial charge in [0.25, 0.3) is 0 Å². The number of urea groups is 1. The topological polar surface area (TPSA) is 70.7 Å². The molecule has 6 nitrogen and oxygen atoms in total. The fourth-order valence-corrected chi connectivity index (χ4v) is 4.24. The van der Waals surface area contributed by atoms with E-state index in [2.05, 4.69) is 17.2 Å². The number of alkyl carbamates (subject to hydrolysis) is 1. The summed E-state index contributed by atoms with van der Waals surface area (Å²) >= 11 is 5.96. The molecule has 3 rings (SSSR count). The zero-order valence-electron chi connectivity index (χ0n) is 19.3. The summed E-state index contributed by atoms with van der Waals surface area (Å²) < 4.78 is 19.2. The van der Waals surface area contributed by atoms with Crippen LogP contribution in [0, 0.1) is 5.82 Å². The lowest BCUT2D eigenvalue weighted by Crippen LogP contribution is -2.48. The highest BCUT2D eigenvalue weighted by molar-refractivity contribution is 6.31. The summed E-state index contributed by atoms with van der Waals surface area (Å²) in [5.74, 6) is -0.535. The Morgan fingerprint density at radius 3 is 2.68 bits per heavy atom. The van der Waals surface area contributed by atoms with Crippen LogP contribution < -0.4 is 21.1 Å². The van der Waals surface area contributed by atoms with Crippen molar-refractivity contribution in [3.05, 3.63) is 81.6 Å². The van der Waals surface area contributed by atoms with E-state index in [0.717, 1.165) is 16.9 Å². The summed E-state index contributed by atoms with van der Waals surface area (Å²) in [6.45, 7) is 5.92. The van der Waals surface area contributed by atoms with Gasteiger partial charge in [0.15, 0.2) is 0 Å². The molecule has 1 saturated carbocycles. The van der Waals surface area contributed by atoms with Gasteiger partial charge in [-0.1, -0.05) is 60.7 Å². The third-order valence-corrected chi connectivity index (χ3v) is 6.28. The normalized spacial score (nSPS) is 18.5. The maximum Gasteiger partial charge on any atom is 0.411 e. The highest BCUT2D eigenvalue weighted by Gasteiger charge is 2.35. The second kappa shape index (κ2) is 11.7. The molecule has 2 aromatic rings. The van der Waals surface area contributed by atoms with Crippen molar-refractivity contribution >= 4 is 35.9 Å². The quantitative estimate of drug-likeness (QED) is 0.648. The predicted octanol–water partition coefficient (Wildman–Crippen LogP) is 4.06. The van der Waals surface area contributed by atoms with E-state index in [1.807, 2.05) is 37.3 Å². The summed E-state index contributed by atoms with van der Waals surface area (Å²) in [6.07, 6.45) is 4.87. The Kier molecular flexibility index (Phi) is 8.71. The summed E-state index contributed by atoms with van der Waals surface area (Å²) in [5, 5.41) is 7.36. The van der Waals surface area contributed by atoms with Gasteiger partial charge in [0.05, 0.1) is 11.1 Å². The van der Waals surface area contributed by atoms with Crippen molar-refractivity contribution in [1.29, 1.82) is 0 Å². The SMILES string of the molecule is C=C(/C=c1/cccc/c1=C/C)NC(=O)OC1CCC[C@@H]1N(C)C(=O)NCc1cccc(F)c1Cl. The molecule has 1 unspecified atom stereocenters. The van der Waals surface area contributed by atoms with Gasteiger partial charge in [0.1, 0.15) is 11.9 Å². The predicted molar refractivity (Wildman–Crippen MR) is 132 cm³/mol. The third kappa shape index (κ3) is 6.38. The highest BCUT2D eigenvalue weighted by Crippen LogP contribution is 2.26. The molecule has 0 aliphatic heterocycles. The number of allylic oxidation sites excluding steroid dienone is 1. The van der Waals surface area contributed by atoms with Gasteiger partial charge >= 0.3 is 12.1 Å². The Hall–Kier alpha value is -3.32. The van der Waals surface area contributed by atoms with Crippen molar-refractivity contribution in [3.63, 3.8) is 0 Å². The van der Waals surface area contributed by atoms with Gasteiger partial charge in [0.2, 0.25) is 0 Å². The molecule has 180 valence electrons. The van der Waals surface area contributed by atoms with Crippen molar-refractivity contribution in [3.8, 4) is 0 Å². The van der Waals surface area contributed by atoms with E-state index < -0.39 is 18.0 Å². The number of nitrogens with one attached hydrogen (secondary N) is 2. The summed E-state index contributed by atoms with van der Waals surface area (Å²) in [5.41, 5.74) is 0.894.